The Hall–Kier alpha value is -1.47. The summed E-state index contributed by atoms with van der Waals surface area (Å²) in [5.41, 5.74) is 7.11. The largest absolute Gasteiger partial charge is 0.409 e. The van der Waals surface area contributed by atoms with Crippen molar-refractivity contribution < 1.29 is 5.21 Å². The summed E-state index contributed by atoms with van der Waals surface area (Å²) in [5.74, 6) is 0.0723. The van der Waals surface area contributed by atoms with E-state index in [0.717, 1.165) is 20.1 Å². The zero-order valence-electron chi connectivity index (χ0n) is 10.5. The Labute approximate surface area is 123 Å². The van der Waals surface area contributed by atoms with Gasteiger partial charge in [-0.25, -0.2) is 0 Å². The van der Waals surface area contributed by atoms with Gasteiger partial charge in [-0.1, -0.05) is 38.9 Å². The Morgan fingerprint density at radius 1 is 1.53 bits per heavy atom. The van der Waals surface area contributed by atoms with E-state index in [0.29, 0.717) is 5.56 Å². The molecule has 0 radical (unpaired) electrons. The number of benzene rings is 1. The number of amidine groups is 1. The highest BCUT2D eigenvalue weighted by Crippen LogP contribution is 2.32. The van der Waals surface area contributed by atoms with Crippen molar-refractivity contribution >= 4 is 33.5 Å². The van der Waals surface area contributed by atoms with Gasteiger partial charge in [0.15, 0.2) is 5.84 Å². The molecule has 0 amide bonds. The zero-order chi connectivity index (χ0) is 14.0. The molecule has 0 spiro atoms. The van der Waals surface area contributed by atoms with E-state index in [9.17, 15) is 0 Å². The Morgan fingerprint density at radius 3 is 2.89 bits per heavy atom. The fourth-order valence-electron chi connectivity index (χ4n) is 1.74. The Balaban J connectivity index is 2.45. The minimum atomic E-state index is 0.0723. The molecular formula is C12H13BrN4OS. The monoisotopic (exact) mass is 340 g/mol. The van der Waals surface area contributed by atoms with E-state index in [1.807, 2.05) is 38.2 Å². The van der Waals surface area contributed by atoms with Gasteiger partial charge < -0.3 is 10.9 Å². The maximum Gasteiger partial charge on any atom is 0.174 e. The maximum absolute atomic E-state index is 8.87. The Morgan fingerprint density at radius 2 is 2.26 bits per heavy atom. The first-order chi connectivity index (χ1) is 9.02. The first-order valence-electron chi connectivity index (χ1n) is 5.48. The number of rotatable bonds is 3. The van der Waals surface area contributed by atoms with Crippen LogP contribution in [-0.2, 0) is 7.05 Å². The van der Waals surface area contributed by atoms with Crippen LogP contribution in [-0.4, -0.2) is 20.8 Å². The number of oxime groups is 1. The highest BCUT2D eigenvalue weighted by Gasteiger charge is 2.18. The van der Waals surface area contributed by atoms with Crippen LogP contribution < -0.4 is 5.73 Å². The lowest BCUT2D eigenvalue weighted by molar-refractivity contribution is 0.318. The summed E-state index contributed by atoms with van der Waals surface area (Å²) in [6, 6.07) is 7.92. The van der Waals surface area contributed by atoms with E-state index >= 15 is 0 Å². The van der Waals surface area contributed by atoms with Gasteiger partial charge in [0.2, 0.25) is 0 Å². The lowest BCUT2D eigenvalue weighted by Gasteiger charge is -2.05. The normalized spacial score (nSPS) is 11.8. The number of nitrogens with zero attached hydrogens (tertiary/aromatic N) is 3. The number of hydrogen-bond acceptors (Lipinski definition) is 4. The molecule has 0 atom stereocenters. The van der Waals surface area contributed by atoms with Gasteiger partial charge in [-0.3, -0.25) is 4.68 Å². The summed E-state index contributed by atoms with van der Waals surface area (Å²) >= 11 is 4.95. The highest BCUT2D eigenvalue weighted by molar-refractivity contribution is 9.10. The van der Waals surface area contributed by atoms with E-state index in [2.05, 4.69) is 26.2 Å². The molecule has 0 saturated carbocycles. The molecule has 2 aromatic rings. The van der Waals surface area contributed by atoms with Gasteiger partial charge in [0, 0.05) is 16.4 Å². The van der Waals surface area contributed by atoms with Crippen molar-refractivity contribution in [3.05, 3.63) is 40.0 Å². The van der Waals surface area contributed by atoms with Crippen LogP contribution in [0.25, 0.3) is 0 Å². The molecule has 1 aromatic heterocycles. The molecule has 0 fully saturated rings. The first kappa shape index (κ1) is 14.0. The molecular weight excluding hydrogens is 328 g/mol. The summed E-state index contributed by atoms with van der Waals surface area (Å²) in [6.07, 6.45) is 0. The van der Waals surface area contributed by atoms with Gasteiger partial charge in [0.25, 0.3) is 0 Å². The minimum absolute atomic E-state index is 0.0723. The number of nitrogens with two attached hydrogens (primary N) is 1. The van der Waals surface area contributed by atoms with Crippen molar-refractivity contribution in [2.24, 2.45) is 17.9 Å². The topological polar surface area (TPSA) is 76.4 Å². The minimum Gasteiger partial charge on any atom is -0.409 e. The van der Waals surface area contributed by atoms with E-state index in [4.69, 9.17) is 10.9 Å². The molecule has 3 N–H and O–H groups in total. The van der Waals surface area contributed by atoms with E-state index in [-0.39, 0.29) is 5.84 Å². The van der Waals surface area contributed by atoms with E-state index in [1.54, 1.807) is 4.68 Å². The molecule has 0 bridgehead atoms. The first-order valence-corrected chi connectivity index (χ1v) is 7.08. The lowest BCUT2D eigenvalue weighted by atomic mass is 10.2. The van der Waals surface area contributed by atoms with Crippen LogP contribution in [0.1, 0.15) is 11.3 Å². The lowest BCUT2D eigenvalue weighted by Crippen LogP contribution is -2.14. The summed E-state index contributed by atoms with van der Waals surface area (Å²) in [7, 11) is 1.83. The van der Waals surface area contributed by atoms with Crippen LogP contribution in [0.15, 0.2) is 43.8 Å². The molecule has 7 heteroatoms. The van der Waals surface area contributed by atoms with Crippen LogP contribution in [0.2, 0.25) is 0 Å². The molecule has 1 aromatic carbocycles. The molecule has 0 aliphatic carbocycles. The smallest absolute Gasteiger partial charge is 0.174 e. The maximum atomic E-state index is 8.87. The van der Waals surface area contributed by atoms with Crippen molar-refractivity contribution in [1.29, 1.82) is 0 Å². The van der Waals surface area contributed by atoms with Gasteiger partial charge in [-0.05, 0) is 25.1 Å². The summed E-state index contributed by atoms with van der Waals surface area (Å²) in [6.45, 7) is 1.83. The van der Waals surface area contributed by atoms with Crippen molar-refractivity contribution in [3.63, 3.8) is 0 Å². The molecule has 0 aliphatic heterocycles. The quantitative estimate of drug-likeness (QED) is 0.390. The molecule has 0 unspecified atom stereocenters. The van der Waals surface area contributed by atoms with Crippen molar-refractivity contribution in [1.82, 2.24) is 9.78 Å². The number of halogens is 1. The number of aromatic nitrogens is 2. The third-order valence-corrected chi connectivity index (χ3v) is 4.19. The van der Waals surface area contributed by atoms with Crippen molar-refractivity contribution in [2.75, 3.05) is 0 Å². The molecule has 0 saturated heterocycles. The Kier molecular flexibility index (Phi) is 4.16. The average molecular weight is 341 g/mol. The SMILES string of the molecule is Cc1nn(C)c(Sc2cccc(Br)c2)c1C(N)=NO. The van der Waals surface area contributed by atoms with Crippen LogP contribution in [0, 0.1) is 6.92 Å². The van der Waals surface area contributed by atoms with Gasteiger partial charge in [-0.2, -0.15) is 5.10 Å². The second-order valence-electron chi connectivity index (χ2n) is 3.93. The Bertz CT molecular complexity index is 639. The molecule has 0 aliphatic rings. The van der Waals surface area contributed by atoms with E-state index < -0.39 is 0 Å². The molecule has 1 heterocycles. The van der Waals surface area contributed by atoms with Crippen LogP contribution in [0.5, 0.6) is 0 Å². The predicted molar refractivity (Wildman–Crippen MR) is 78.7 cm³/mol. The standard InChI is InChI=1S/C12H13BrN4OS/c1-7-10(11(14)16-18)12(17(2)15-7)19-9-5-3-4-8(13)6-9/h3-6,18H,1-2H3,(H2,14,16). The fourth-order valence-corrected chi connectivity index (χ4v) is 3.37. The molecule has 2 rings (SSSR count). The zero-order valence-corrected chi connectivity index (χ0v) is 12.9. The van der Waals surface area contributed by atoms with Crippen LogP contribution in [0.4, 0.5) is 0 Å². The molecule has 19 heavy (non-hydrogen) atoms. The second kappa shape index (κ2) is 5.66. The average Bonchev–Trinajstić information content (AvgIpc) is 2.63. The highest BCUT2D eigenvalue weighted by atomic mass is 79.9. The third kappa shape index (κ3) is 2.93. The summed E-state index contributed by atoms with van der Waals surface area (Å²) < 4.78 is 2.73. The van der Waals surface area contributed by atoms with Crippen LogP contribution in [0.3, 0.4) is 0 Å². The van der Waals surface area contributed by atoms with Gasteiger partial charge in [0.1, 0.15) is 5.03 Å². The van der Waals surface area contributed by atoms with Gasteiger partial charge >= 0.3 is 0 Å². The van der Waals surface area contributed by atoms with Gasteiger partial charge in [-0.15, -0.1) is 0 Å². The summed E-state index contributed by atoms with van der Waals surface area (Å²) in [5, 5.41) is 17.1. The van der Waals surface area contributed by atoms with Gasteiger partial charge in [0.05, 0.1) is 11.3 Å². The second-order valence-corrected chi connectivity index (χ2v) is 5.91. The summed E-state index contributed by atoms with van der Waals surface area (Å²) in [4.78, 5) is 1.05. The van der Waals surface area contributed by atoms with Crippen LogP contribution >= 0.6 is 27.7 Å². The van der Waals surface area contributed by atoms with Crippen molar-refractivity contribution in [3.8, 4) is 0 Å². The third-order valence-electron chi connectivity index (χ3n) is 2.54. The number of hydrogen-bond donors (Lipinski definition) is 2. The molecule has 5 nitrogen and oxygen atoms in total. The van der Waals surface area contributed by atoms with Crippen molar-refractivity contribution in [2.45, 2.75) is 16.8 Å². The predicted octanol–water partition coefficient (Wildman–Crippen LogP) is 2.74. The number of aryl methyl sites for hydroxylation is 2. The van der Waals surface area contributed by atoms with E-state index in [1.165, 1.54) is 11.8 Å². The molecule has 100 valence electrons. The fraction of sp³-hybridized carbons (Fsp3) is 0.167.